The minimum atomic E-state index is -0.941. The number of methoxy groups -OCH3 is 1. The number of hydrogen-bond donors (Lipinski definition) is 1. The van der Waals surface area contributed by atoms with Gasteiger partial charge in [-0.25, -0.2) is 9.59 Å². The van der Waals surface area contributed by atoms with E-state index < -0.39 is 5.97 Å². The van der Waals surface area contributed by atoms with E-state index in [9.17, 15) is 9.59 Å². The van der Waals surface area contributed by atoms with Gasteiger partial charge in [0.25, 0.3) is 0 Å². The summed E-state index contributed by atoms with van der Waals surface area (Å²) in [6.45, 7) is 3.18. The Morgan fingerprint density at radius 3 is 2.44 bits per heavy atom. The summed E-state index contributed by atoms with van der Waals surface area (Å²) < 4.78 is 8.93. The van der Waals surface area contributed by atoms with E-state index >= 15 is 0 Å². The molecule has 84 valence electrons. The summed E-state index contributed by atoms with van der Waals surface area (Å²) in [5.41, 5.74) is 0.240. The summed E-state index contributed by atoms with van der Waals surface area (Å²) in [4.78, 5) is 20.0. The largest absolute Gasteiger partial charge is 0.497 e. The van der Waals surface area contributed by atoms with Crippen LogP contribution in [0.2, 0.25) is 0 Å². The van der Waals surface area contributed by atoms with Crippen LogP contribution in [0.4, 0.5) is 0 Å². The highest BCUT2D eigenvalue weighted by molar-refractivity contribution is 5.99. The number of rotatable bonds is 2. The van der Waals surface area contributed by atoms with Gasteiger partial charge in [0.05, 0.1) is 12.7 Å². The topological polar surface area (TPSA) is 76.1 Å². The van der Waals surface area contributed by atoms with Crippen molar-refractivity contribution in [1.82, 2.24) is 0 Å². The van der Waals surface area contributed by atoms with Gasteiger partial charge in [0.2, 0.25) is 5.76 Å². The van der Waals surface area contributed by atoms with Gasteiger partial charge in [-0.1, -0.05) is 6.07 Å². The van der Waals surface area contributed by atoms with Gasteiger partial charge >= 0.3 is 11.9 Å². The fourth-order valence-electron chi connectivity index (χ4n) is 0.842. The molecule has 0 aliphatic carbocycles. The number of hydrogen-bond acceptors (Lipinski definition) is 4. The van der Waals surface area contributed by atoms with Crippen molar-refractivity contribution in [3.05, 3.63) is 42.2 Å². The lowest BCUT2D eigenvalue weighted by molar-refractivity contribution is -0.117. The number of epoxide rings is 1. The molecule has 2 rings (SSSR count). The quantitative estimate of drug-likeness (QED) is 0.605. The number of carboxylic acid groups (broad SMARTS) is 1. The summed E-state index contributed by atoms with van der Waals surface area (Å²) >= 11 is 0. The maximum Gasteiger partial charge on any atom is 0.379 e. The van der Waals surface area contributed by atoms with Crippen molar-refractivity contribution in [3.8, 4) is 5.75 Å². The minimum Gasteiger partial charge on any atom is -0.497 e. The summed E-state index contributed by atoms with van der Waals surface area (Å²) in [5, 5.41) is 8.55. The molecule has 0 atom stereocenters. The normalized spacial score (nSPS) is 12.1. The highest BCUT2D eigenvalue weighted by Crippen LogP contribution is 2.12. The van der Waals surface area contributed by atoms with Crippen molar-refractivity contribution in [1.29, 1.82) is 0 Å². The van der Waals surface area contributed by atoms with Crippen LogP contribution in [0.5, 0.6) is 5.75 Å². The lowest BCUT2D eigenvalue weighted by Gasteiger charge is -1.98. The molecule has 0 saturated carbocycles. The van der Waals surface area contributed by atoms with Gasteiger partial charge in [0, 0.05) is 0 Å². The first-order valence-corrected chi connectivity index (χ1v) is 4.33. The van der Waals surface area contributed by atoms with Crippen LogP contribution in [0.3, 0.4) is 0 Å². The molecule has 1 aromatic carbocycles. The molecule has 1 aromatic rings. The maximum atomic E-state index is 10.4. The van der Waals surface area contributed by atoms with E-state index in [-0.39, 0.29) is 17.3 Å². The van der Waals surface area contributed by atoms with Crippen LogP contribution in [0, 0.1) is 0 Å². The van der Waals surface area contributed by atoms with Gasteiger partial charge in [-0.05, 0) is 24.8 Å². The van der Waals surface area contributed by atoms with Gasteiger partial charge in [0.1, 0.15) is 5.75 Å². The zero-order valence-electron chi connectivity index (χ0n) is 8.60. The van der Waals surface area contributed by atoms with E-state index in [1.54, 1.807) is 12.1 Å². The summed E-state index contributed by atoms with van der Waals surface area (Å²) in [5.74, 6) is -0.371. The Balaban J connectivity index is 0.000000212. The molecule has 0 aromatic heterocycles. The van der Waals surface area contributed by atoms with E-state index in [0.29, 0.717) is 5.75 Å². The van der Waals surface area contributed by atoms with Crippen LogP contribution >= 0.6 is 0 Å². The number of benzene rings is 1. The first kappa shape index (κ1) is 11.8. The Bertz CT molecular complexity index is 424. The Labute approximate surface area is 91.9 Å². The monoisotopic (exact) mass is 222 g/mol. The minimum absolute atomic E-state index is 0.240. The lowest BCUT2D eigenvalue weighted by Crippen LogP contribution is -1.95. The fraction of sp³-hybridized carbons (Fsp3) is 0.0909. The van der Waals surface area contributed by atoms with Crippen LogP contribution in [-0.4, -0.2) is 24.2 Å². The van der Waals surface area contributed by atoms with Crippen molar-refractivity contribution in [2.24, 2.45) is 0 Å². The predicted octanol–water partition coefficient (Wildman–Crippen LogP) is 1.45. The van der Waals surface area contributed by atoms with Crippen LogP contribution in [-0.2, 0) is 9.53 Å². The molecular formula is C11H10O5. The third-order valence-electron chi connectivity index (χ3n) is 1.72. The molecule has 0 spiro atoms. The molecule has 0 unspecified atom stereocenters. The summed E-state index contributed by atoms with van der Waals surface area (Å²) in [7, 11) is 1.50. The third-order valence-corrected chi connectivity index (χ3v) is 1.72. The Morgan fingerprint density at radius 1 is 1.50 bits per heavy atom. The molecule has 1 fully saturated rings. The molecule has 1 heterocycles. The zero-order valence-corrected chi connectivity index (χ0v) is 8.60. The molecule has 1 saturated heterocycles. The van der Waals surface area contributed by atoms with Crippen molar-refractivity contribution < 1.29 is 24.2 Å². The Hall–Kier alpha value is -2.30. The number of ether oxygens (including phenoxy) is 2. The van der Waals surface area contributed by atoms with E-state index in [4.69, 9.17) is 9.84 Å². The standard InChI is InChI=1S/C8H8O3.C3H2O2/c1-11-7-4-2-3-6(5-7)8(9)10;1-2-3(4)5-2/h2-5H,1H3,(H,9,10);1H2. The molecule has 0 amide bonds. The second kappa shape index (κ2) is 4.97. The lowest BCUT2D eigenvalue weighted by atomic mass is 10.2. The average Bonchev–Trinajstić information content (AvgIpc) is 2.93. The van der Waals surface area contributed by atoms with Crippen LogP contribution in [0.1, 0.15) is 10.4 Å². The highest BCUT2D eigenvalue weighted by Gasteiger charge is 2.26. The van der Waals surface area contributed by atoms with Crippen LogP contribution in [0.25, 0.3) is 0 Å². The Kier molecular flexibility index (Phi) is 3.66. The van der Waals surface area contributed by atoms with Crippen LogP contribution < -0.4 is 4.74 Å². The fourth-order valence-corrected chi connectivity index (χ4v) is 0.842. The van der Waals surface area contributed by atoms with E-state index in [1.165, 1.54) is 19.2 Å². The average molecular weight is 222 g/mol. The molecule has 16 heavy (non-hydrogen) atoms. The first-order chi connectivity index (χ1) is 7.54. The zero-order chi connectivity index (χ0) is 12.1. The molecular weight excluding hydrogens is 212 g/mol. The van der Waals surface area contributed by atoms with Gasteiger partial charge in [-0.2, -0.15) is 0 Å². The molecule has 0 bridgehead atoms. The van der Waals surface area contributed by atoms with E-state index in [2.05, 4.69) is 11.3 Å². The molecule has 0 radical (unpaired) electrons. The number of aromatic carboxylic acids is 1. The first-order valence-electron chi connectivity index (χ1n) is 4.33. The maximum absolute atomic E-state index is 10.4. The van der Waals surface area contributed by atoms with Gasteiger partial charge in [-0.3, -0.25) is 0 Å². The molecule has 1 aliphatic rings. The van der Waals surface area contributed by atoms with Crippen molar-refractivity contribution in [2.75, 3.05) is 7.11 Å². The SMILES string of the molecule is C=C1OC1=O.COc1cccc(C(=O)O)c1. The van der Waals surface area contributed by atoms with Gasteiger partial charge in [0.15, 0.2) is 0 Å². The molecule has 5 heteroatoms. The van der Waals surface area contributed by atoms with Crippen molar-refractivity contribution >= 4 is 11.9 Å². The molecule has 1 aliphatic heterocycles. The number of carbonyl (C=O) groups excluding carboxylic acids is 1. The molecule has 5 nitrogen and oxygen atoms in total. The van der Waals surface area contributed by atoms with Crippen molar-refractivity contribution in [2.45, 2.75) is 0 Å². The summed E-state index contributed by atoms with van der Waals surface area (Å²) in [6, 6.07) is 6.34. The van der Waals surface area contributed by atoms with Crippen molar-refractivity contribution in [3.63, 3.8) is 0 Å². The molecule has 1 N–H and O–H groups in total. The summed E-state index contributed by atoms with van der Waals surface area (Å²) in [6.07, 6.45) is 0. The second-order valence-electron chi connectivity index (χ2n) is 2.85. The number of carboxylic acids is 1. The number of cyclic esters (lactones) is 1. The van der Waals surface area contributed by atoms with E-state index in [0.717, 1.165) is 0 Å². The van der Waals surface area contributed by atoms with Gasteiger partial charge < -0.3 is 14.6 Å². The smallest absolute Gasteiger partial charge is 0.379 e. The van der Waals surface area contributed by atoms with E-state index in [1.807, 2.05) is 0 Å². The third kappa shape index (κ3) is 3.45. The number of carbonyl (C=O) groups is 2. The second-order valence-corrected chi connectivity index (χ2v) is 2.85. The predicted molar refractivity (Wildman–Crippen MR) is 55.2 cm³/mol. The Morgan fingerprint density at radius 2 is 2.06 bits per heavy atom. The van der Waals surface area contributed by atoms with Gasteiger partial charge in [-0.15, -0.1) is 0 Å². The highest BCUT2D eigenvalue weighted by atomic mass is 16.6. The van der Waals surface area contributed by atoms with Crippen LogP contribution in [0.15, 0.2) is 36.6 Å².